The molecule has 1 aliphatic heterocycles. The quantitative estimate of drug-likeness (QED) is 0.665. The molecule has 0 aromatic carbocycles. The molecule has 15 heavy (non-hydrogen) atoms. The molecule has 1 unspecified atom stereocenters. The lowest BCUT2D eigenvalue weighted by molar-refractivity contribution is -0.121. The van der Waals surface area contributed by atoms with E-state index >= 15 is 0 Å². The molecule has 2 N–H and O–H groups in total. The third kappa shape index (κ3) is 5.14. The summed E-state index contributed by atoms with van der Waals surface area (Å²) in [5, 5.41) is 11.6. The van der Waals surface area contributed by atoms with E-state index in [0.29, 0.717) is 13.0 Å². The van der Waals surface area contributed by atoms with Crippen LogP contribution in [0.15, 0.2) is 0 Å². The highest BCUT2D eigenvalue weighted by molar-refractivity contribution is 5.76. The Balaban J connectivity index is 2.02. The van der Waals surface area contributed by atoms with Crippen molar-refractivity contribution < 1.29 is 9.90 Å². The lowest BCUT2D eigenvalue weighted by atomic mass is 10.2. The van der Waals surface area contributed by atoms with Gasteiger partial charge in [0, 0.05) is 26.1 Å². The zero-order valence-corrected chi connectivity index (χ0v) is 9.54. The van der Waals surface area contributed by atoms with Crippen molar-refractivity contribution in [3.63, 3.8) is 0 Å². The van der Waals surface area contributed by atoms with Gasteiger partial charge in [0.25, 0.3) is 0 Å². The van der Waals surface area contributed by atoms with Crippen molar-refractivity contribution in [2.24, 2.45) is 5.92 Å². The van der Waals surface area contributed by atoms with Gasteiger partial charge in [-0.2, -0.15) is 0 Å². The van der Waals surface area contributed by atoms with Crippen molar-refractivity contribution in [2.75, 3.05) is 32.8 Å². The highest BCUT2D eigenvalue weighted by Crippen LogP contribution is 2.07. The van der Waals surface area contributed by atoms with Crippen molar-refractivity contribution in [2.45, 2.75) is 26.2 Å². The molecule has 0 saturated carbocycles. The zero-order chi connectivity index (χ0) is 11.1. The molecule has 1 heterocycles. The number of amides is 1. The van der Waals surface area contributed by atoms with Gasteiger partial charge in [0.15, 0.2) is 0 Å². The van der Waals surface area contributed by atoms with Gasteiger partial charge in [-0.1, -0.05) is 6.92 Å². The minimum absolute atomic E-state index is 0.0993. The maximum atomic E-state index is 11.4. The number of nitrogens with zero attached hydrogens (tertiary/aromatic N) is 1. The first-order valence-electron chi connectivity index (χ1n) is 5.82. The number of carbonyl (C=O) groups excluding carboxylic acids is 1. The van der Waals surface area contributed by atoms with E-state index in [2.05, 4.69) is 10.2 Å². The van der Waals surface area contributed by atoms with Gasteiger partial charge in [0.05, 0.1) is 0 Å². The van der Waals surface area contributed by atoms with E-state index < -0.39 is 0 Å². The summed E-state index contributed by atoms with van der Waals surface area (Å²) in [5.41, 5.74) is 0. The number of nitrogens with one attached hydrogen (secondary N) is 1. The summed E-state index contributed by atoms with van der Waals surface area (Å²) in [6.45, 7) is 5.78. The first kappa shape index (κ1) is 12.5. The van der Waals surface area contributed by atoms with Gasteiger partial charge in [-0.15, -0.1) is 0 Å². The van der Waals surface area contributed by atoms with Crippen LogP contribution in [0, 0.1) is 5.92 Å². The number of likely N-dealkylation sites (tertiary alicyclic amines) is 1. The SMILES string of the molecule is CC(CO)CNC(=O)CCN1CCCC1. The van der Waals surface area contributed by atoms with Crippen molar-refractivity contribution in [1.82, 2.24) is 10.2 Å². The Kier molecular flexibility index (Phi) is 5.65. The fourth-order valence-electron chi connectivity index (χ4n) is 1.71. The number of aliphatic hydroxyl groups excluding tert-OH is 1. The molecule has 1 rings (SSSR count). The fourth-order valence-corrected chi connectivity index (χ4v) is 1.71. The molecule has 1 fully saturated rings. The third-order valence-corrected chi connectivity index (χ3v) is 2.81. The second-order valence-electron chi connectivity index (χ2n) is 4.39. The van der Waals surface area contributed by atoms with E-state index in [1.165, 1.54) is 12.8 Å². The minimum Gasteiger partial charge on any atom is -0.396 e. The van der Waals surface area contributed by atoms with Crippen molar-refractivity contribution in [3.05, 3.63) is 0 Å². The molecule has 1 amide bonds. The Bertz CT molecular complexity index is 191. The van der Waals surface area contributed by atoms with Gasteiger partial charge in [0.2, 0.25) is 5.91 Å². The predicted octanol–water partition coefficient (Wildman–Crippen LogP) is 0.217. The summed E-state index contributed by atoms with van der Waals surface area (Å²) in [4.78, 5) is 13.7. The van der Waals surface area contributed by atoms with Crippen LogP contribution in [-0.4, -0.2) is 48.7 Å². The average Bonchev–Trinajstić information content (AvgIpc) is 2.75. The van der Waals surface area contributed by atoms with Crippen LogP contribution in [0.3, 0.4) is 0 Å². The number of rotatable bonds is 6. The highest BCUT2D eigenvalue weighted by atomic mass is 16.3. The molecule has 1 aliphatic rings. The summed E-state index contributed by atoms with van der Waals surface area (Å²) in [6, 6.07) is 0. The summed E-state index contributed by atoms with van der Waals surface area (Å²) < 4.78 is 0. The highest BCUT2D eigenvalue weighted by Gasteiger charge is 2.12. The van der Waals surface area contributed by atoms with Crippen LogP contribution in [0.2, 0.25) is 0 Å². The maximum absolute atomic E-state index is 11.4. The van der Waals surface area contributed by atoms with Crippen LogP contribution < -0.4 is 5.32 Å². The Morgan fingerprint density at radius 3 is 2.73 bits per heavy atom. The Labute approximate surface area is 91.6 Å². The van der Waals surface area contributed by atoms with E-state index in [1.54, 1.807) is 0 Å². The van der Waals surface area contributed by atoms with E-state index in [1.807, 2.05) is 6.92 Å². The first-order chi connectivity index (χ1) is 7.22. The second-order valence-corrected chi connectivity index (χ2v) is 4.39. The van der Waals surface area contributed by atoms with E-state index in [-0.39, 0.29) is 18.4 Å². The molecule has 88 valence electrons. The van der Waals surface area contributed by atoms with E-state index in [4.69, 9.17) is 5.11 Å². The van der Waals surface area contributed by atoms with Crippen LogP contribution in [0.1, 0.15) is 26.2 Å². The van der Waals surface area contributed by atoms with Crippen molar-refractivity contribution in [3.8, 4) is 0 Å². The molecule has 0 radical (unpaired) electrons. The zero-order valence-electron chi connectivity index (χ0n) is 9.54. The summed E-state index contributed by atoms with van der Waals surface area (Å²) in [5.74, 6) is 0.253. The number of carbonyl (C=O) groups is 1. The topological polar surface area (TPSA) is 52.6 Å². The maximum Gasteiger partial charge on any atom is 0.221 e. The number of hydrogen-bond donors (Lipinski definition) is 2. The fraction of sp³-hybridized carbons (Fsp3) is 0.909. The summed E-state index contributed by atoms with van der Waals surface area (Å²) in [6.07, 6.45) is 3.12. The van der Waals surface area contributed by atoms with Gasteiger partial charge < -0.3 is 15.3 Å². The predicted molar refractivity (Wildman–Crippen MR) is 59.6 cm³/mol. The van der Waals surface area contributed by atoms with E-state index in [0.717, 1.165) is 19.6 Å². The largest absolute Gasteiger partial charge is 0.396 e. The Hall–Kier alpha value is -0.610. The molecule has 0 spiro atoms. The van der Waals surface area contributed by atoms with Crippen LogP contribution >= 0.6 is 0 Å². The molecule has 0 aromatic heterocycles. The van der Waals surface area contributed by atoms with Crippen LogP contribution in [-0.2, 0) is 4.79 Å². The minimum atomic E-state index is 0.0993. The third-order valence-electron chi connectivity index (χ3n) is 2.81. The normalized spacial score (nSPS) is 19.1. The molecular formula is C11H22N2O2. The molecule has 4 heteroatoms. The van der Waals surface area contributed by atoms with Gasteiger partial charge in [-0.3, -0.25) is 4.79 Å². The van der Waals surface area contributed by atoms with Crippen LogP contribution in [0.25, 0.3) is 0 Å². The van der Waals surface area contributed by atoms with Gasteiger partial charge in [-0.05, 0) is 31.8 Å². The molecule has 1 atom stereocenters. The molecule has 4 nitrogen and oxygen atoms in total. The summed E-state index contributed by atoms with van der Waals surface area (Å²) in [7, 11) is 0. The summed E-state index contributed by atoms with van der Waals surface area (Å²) >= 11 is 0. The molecule has 0 aliphatic carbocycles. The van der Waals surface area contributed by atoms with Gasteiger partial charge >= 0.3 is 0 Å². The smallest absolute Gasteiger partial charge is 0.221 e. The van der Waals surface area contributed by atoms with Crippen molar-refractivity contribution in [1.29, 1.82) is 0 Å². The Morgan fingerprint density at radius 1 is 1.47 bits per heavy atom. The lowest BCUT2D eigenvalue weighted by Gasteiger charge is -2.14. The van der Waals surface area contributed by atoms with Crippen molar-refractivity contribution >= 4 is 5.91 Å². The van der Waals surface area contributed by atoms with E-state index in [9.17, 15) is 4.79 Å². The Morgan fingerprint density at radius 2 is 2.13 bits per heavy atom. The number of aliphatic hydroxyl groups is 1. The first-order valence-corrected chi connectivity index (χ1v) is 5.82. The molecule has 0 bridgehead atoms. The average molecular weight is 214 g/mol. The van der Waals surface area contributed by atoms with Gasteiger partial charge in [-0.25, -0.2) is 0 Å². The van der Waals surface area contributed by atoms with Crippen LogP contribution in [0.4, 0.5) is 0 Å². The van der Waals surface area contributed by atoms with Crippen LogP contribution in [0.5, 0.6) is 0 Å². The molecule has 0 aromatic rings. The molecule has 1 saturated heterocycles. The lowest BCUT2D eigenvalue weighted by Crippen LogP contribution is -2.32. The molecular weight excluding hydrogens is 192 g/mol. The van der Waals surface area contributed by atoms with Gasteiger partial charge in [0.1, 0.15) is 0 Å². The monoisotopic (exact) mass is 214 g/mol. The second kappa shape index (κ2) is 6.80. The standard InChI is InChI=1S/C11H22N2O2/c1-10(9-14)8-12-11(15)4-7-13-5-2-3-6-13/h10,14H,2-9H2,1H3,(H,12,15). The number of hydrogen-bond acceptors (Lipinski definition) is 3.